The second-order valence-corrected chi connectivity index (χ2v) is 7.12. The molecule has 0 spiro atoms. The number of piperidine rings is 1. The second kappa shape index (κ2) is 7.82. The van der Waals surface area contributed by atoms with Crippen molar-refractivity contribution in [3.63, 3.8) is 0 Å². The van der Waals surface area contributed by atoms with Crippen molar-refractivity contribution >= 4 is 22.6 Å². The number of rotatable bonds is 4. The van der Waals surface area contributed by atoms with Gasteiger partial charge in [-0.3, -0.25) is 9.69 Å². The standard InChI is InChI=1S/C20H20F3N5O/c21-20(22,23)15-5-1-2-6-16(15)24-19(29)13-27-11-9-14(10-12-27)28-18-8-4-3-7-17(18)25-26-28/h1-8,14H,9-13H2,(H,24,29). The van der Waals surface area contributed by atoms with Crippen LogP contribution in [0.1, 0.15) is 24.4 Å². The lowest BCUT2D eigenvalue weighted by atomic mass is 10.0. The molecule has 1 aliphatic heterocycles. The van der Waals surface area contributed by atoms with E-state index in [4.69, 9.17) is 0 Å². The number of benzene rings is 2. The third kappa shape index (κ3) is 4.24. The summed E-state index contributed by atoms with van der Waals surface area (Å²) in [5.74, 6) is -0.452. The maximum absolute atomic E-state index is 13.1. The van der Waals surface area contributed by atoms with Crippen LogP contribution in [-0.4, -0.2) is 45.4 Å². The Morgan fingerprint density at radius 3 is 2.52 bits per heavy atom. The van der Waals surface area contributed by atoms with E-state index in [1.807, 2.05) is 33.8 Å². The number of para-hydroxylation sites is 2. The minimum absolute atomic E-state index is 0.0526. The Hall–Kier alpha value is -2.94. The van der Waals surface area contributed by atoms with E-state index in [0.717, 1.165) is 29.9 Å². The molecule has 1 saturated heterocycles. The minimum atomic E-state index is -4.51. The molecule has 0 unspecified atom stereocenters. The van der Waals surface area contributed by atoms with E-state index >= 15 is 0 Å². The number of nitrogens with one attached hydrogen (secondary N) is 1. The van der Waals surface area contributed by atoms with Crippen molar-refractivity contribution in [2.45, 2.75) is 25.1 Å². The molecule has 1 aliphatic rings. The molecule has 1 fully saturated rings. The summed E-state index contributed by atoms with van der Waals surface area (Å²) in [4.78, 5) is 14.2. The van der Waals surface area contributed by atoms with E-state index in [0.29, 0.717) is 13.1 Å². The summed E-state index contributed by atoms with van der Waals surface area (Å²) in [6, 6.07) is 12.9. The minimum Gasteiger partial charge on any atom is -0.324 e. The number of halogens is 3. The van der Waals surface area contributed by atoms with Gasteiger partial charge in [-0.1, -0.05) is 29.5 Å². The number of alkyl halides is 3. The van der Waals surface area contributed by atoms with Gasteiger partial charge >= 0.3 is 6.18 Å². The molecule has 4 rings (SSSR count). The van der Waals surface area contributed by atoms with Gasteiger partial charge in [0, 0.05) is 13.1 Å². The first-order valence-electron chi connectivity index (χ1n) is 9.40. The number of aromatic nitrogens is 3. The Morgan fingerprint density at radius 1 is 1.07 bits per heavy atom. The van der Waals surface area contributed by atoms with Crippen LogP contribution in [0.2, 0.25) is 0 Å². The Labute approximate surface area is 165 Å². The van der Waals surface area contributed by atoms with Crippen LogP contribution in [0.25, 0.3) is 11.0 Å². The molecule has 0 radical (unpaired) electrons. The second-order valence-electron chi connectivity index (χ2n) is 7.12. The zero-order valence-electron chi connectivity index (χ0n) is 15.6. The summed E-state index contributed by atoms with van der Waals surface area (Å²) < 4.78 is 41.1. The predicted octanol–water partition coefficient (Wildman–Crippen LogP) is 3.73. The van der Waals surface area contributed by atoms with Gasteiger partial charge in [0.1, 0.15) is 5.52 Å². The highest BCUT2D eigenvalue weighted by Crippen LogP contribution is 2.34. The van der Waals surface area contributed by atoms with Gasteiger partial charge in [-0.15, -0.1) is 5.10 Å². The maximum Gasteiger partial charge on any atom is 0.418 e. The molecule has 152 valence electrons. The summed E-state index contributed by atoms with van der Waals surface area (Å²) in [7, 11) is 0. The Bertz CT molecular complexity index is 1010. The fourth-order valence-corrected chi connectivity index (χ4v) is 3.71. The molecule has 1 amide bonds. The molecular formula is C20H20F3N5O. The first-order chi connectivity index (χ1) is 13.9. The van der Waals surface area contributed by atoms with Gasteiger partial charge in [-0.05, 0) is 37.1 Å². The first kappa shape index (κ1) is 19.4. The van der Waals surface area contributed by atoms with Crippen LogP contribution >= 0.6 is 0 Å². The molecule has 0 bridgehead atoms. The van der Waals surface area contributed by atoms with Gasteiger partial charge in [-0.2, -0.15) is 13.2 Å². The Morgan fingerprint density at radius 2 is 1.76 bits per heavy atom. The normalized spacial score (nSPS) is 16.2. The van der Waals surface area contributed by atoms with Crippen LogP contribution < -0.4 is 5.32 Å². The monoisotopic (exact) mass is 403 g/mol. The highest BCUT2D eigenvalue weighted by atomic mass is 19.4. The van der Waals surface area contributed by atoms with Crippen molar-refractivity contribution in [3.05, 3.63) is 54.1 Å². The number of fused-ring (bicyclic) bond motifs is 1. The predicted molar refractivity (Wildman–Crippen MR) is 102 cm³/mol. The molecule has 0 atom stereocenters. The first-order valence-corrected chi connectivity index (χ1v) is 9.40. The summed E-state index contributed by atoms with van der Waals surface area (Å²) in [6.45, 7) is 1.37. The van der Waals surface area contributed by atoms with Crippen LogP contribution in [0, 0.1) is 0 Å². The highest BCUT2D eigenvalue weighted by molar-refractivity contribution is 5.93. The maximum atomic E-state index is 13.1. The van der Waals surface area contributed by atoms with E-state index < -0.39 is 17.6 Å². The number of likely N-dealkylation sites (tertiary alicyclic amines) is 1. The molecule has 1 aromatic heterocycles. The fraction of sp³-hybridized carbons (Fsp3) is 0.350. The lowest BCUT2D eigenvalue weighted by molar-refractivity contribution is -0.137. The quantitative estimate of drug-likeness (QED) is 0.721. The third-order valence-corrected chi connectivity index (χ3v) is 5.15. The van der Waals surface area contributed by atoms with Crippen LogP contribution in [0.3, 0.4) is 0 Å². The summed E-state index contributed by atoms with van der Waals surface area (Å²) in [6.07, 6.45) is -2.93. The molecule has 3 aromatic rings. The van der Waals surface area contributed by atoms with Gasteiger partial charge < -0.3 is 5.32 Å². The number of carbonyl (C=O) groups is 1. The highest BCUT2D eigenvalue weighted by Gasteiger charge is 2.33. The molecule has 9 heteroatoms. The number of nitrogens with zero attached hydrogens (tertiary/aromatic N) is 4. The smallest absolute Gasteiger partial charge is 0.324 e. The van der Waals surface area contributed by atoms with Crippen molar-refractivity contribution in [1.29, 1.82) is 0 Å². The summed E-state index contributed by atoms with van der Waals surface area (Å²) >= 11 is 0. The van der Waals surface area contributed by atoms with E-state index in [2.05, 4.69) is 15.6 Å². The molecule has 0 saturated carbocycles. The van der Waals surface area contributed by atoms with E-state index in [9.17, 15) is 18.0 Å². The average Bonchev–Trinajstić information content (AvgIpc) is 3.12. The van der Waals surface area contributed by atoms with Crippen molar-refractivity contribution in [2.75, 3.05) is 25.0 Å². The van der Waals surface area contributed by atoms with Crippen molar-refractivity contribution in [1.82, 2.24) is 19.9 Å². The van der Waals surface area contributed by atoms with Gasteiger partial charge in [0.05, 0.1) is 29.4 Å². The molecular weight excluding hydrogens is 383 g/mol. The number of carbonyl (C=O) groups excluding carboxylic acids is 1. The molecule has 2 heterocycles. The Kier molecular flexibility index (Phi) is 5.23. The lowest BCUT2D eigenvalue weighted by Crippen LogP contribution is -2.40. The molecule has 6 nitrogen and oxygen atoms in total. The number of anilines is 1. The third-order valence-electron chi connectivity index (χ3n) is 5.15. The molecule has 2 aromatic carbocycles. The number of amides is 1. The van der Waals surface area contributed by atoms with E-state index in [1.165, 1.54) is 18.2 Å². The van der Waals surface area contributed by atoms with Crippen molar-refractivity contribution < 1.29 is 18.0 Å². The lowest BCUT2D eigenvalue weighted by Gasteiger charge is -2.31. The van der Waals surface area contributed by atoms with Crippen molar-refractivity contribution in [2.24, 2.45) is 0 Å². The number of hydrogen-bond donors (Lipinski definition) is 1. The summed E-state index contributed by atoms with van der Waals surface area (Å²) in [5, 5.41) is 10.8. The van der Waals surface area contributed by atoms with Crippen LogP contribution in [0.4, 0.5) is 18.9 Å². The topological polar surface area (TPSA) is 63.1 Å². The van der Waals surface area contributed by atoms with Gasteiger partial charge in [0.25, 0.3) is 0 Å². The summed E-state index contributed by atoms with van der Waals surface area (Å²) in [5.41, 5.74) is 0.768. The van der Waals surface area contributed by atoms with Gasteiger partial charge in [0.15, 0.2) is 0 Å². The molecule has 1 N–H and O–H groups in total. The van der Waals surface area contributed by atoms with E-state index in [1.54, 1.807) is 0 Å². The fourth-order valence-electron chi connectivity index (χ4n) is 3.71. The van der Waals surface area contributed by atoms with Crippen LogP contribution in [-0.2, 0) is 11.0 Å². The van der Waals surface area contributed by atoms with Crippen molar-refractivity contribution in [3.8, 4) is 0 Å². The molecule has 0 aliphatic carbocycles. The zero-order chi connectivity index (χ0) is 20.4. The Balaban J connectivity index is 1.35. The van der Waals surface area contributed by atoms with Gasteiger partial charge in [0.2, 0.25) is 5.91 Å². The van der Waals surface area contributed by atoms with Crippen LogP contribution in [0.5, 0.6) is 0 Å². The van der Waals surface area contributed by atoms with Crippen LogP contribution in [0.15, 0.2) is 48.5 Å². The largest absolute Gasteiger partial charge is 0.418 e. The van der Waals surface area contributed by atoms with Gasteiger partial charge in [-0.25, -0.2) is 4.68 Å². The van der Waals surface area contributed by atoms with E-state index in [-0.39, 0.29) is 18.3 Å². The average molecular weight is 403 g/mol. The zero-order valence-corrected chi connectivity index (χ0v) is 15.6. The molecule has 29 heavy (non-hydrogen) atoms. The SMILES string of the molecule is O=C(CN1CCC(n2nnc3ccccc32)CC1)Nc1ccccc1C(F)(F)F. The number of hydrogen-bond acceptors (Lipinski definition) is 4.